The first-order valence-electron chi connectivity index (χ1n) is 7.58. The maximum absolute atomic E-state index is 12.1. The number of nitrogens with zero attached hydrogens (tertiary/aromatic N) is 1. The van der Waals surface area contributed by atoms with Gasteiger partial charge in [-0.05, 0) is 38.6 Å². The zero-order valence-electron chi connectivity index (χ0n) is 11.6. The summed E-state index contributed by atoms with van der Waals surface area (Å²) >= 11 is 0. The molecule has 0 unspecified atom stereocenters. The molecular weight excluding hydrogens is 226 g/mol. The molecule has 2 fully saturated rings. The van der Waals surface area contributed by atoms with Gasteiger partial charge in [-0.3, -0.25) is 0 Å². The van der Waals surface area contributed by atoms with E-state index in [0.717, 1.165) is 32.5 Å². The largest absolute Gasteiger partial charge is 0.335 e. The van der Waals surface area contributed by atoms with E-state index in [4.69, 9.17) is 0 Å². The van der Waals surface area contributed by atoms with Gasteiger partial charge in [-0.15, -0.1) is 0 Å². The molecule has 1 saturated carbocycles. The topological polar surface area (TPSA) is 44.4 Å². The Morgan fingerprint density at radius 2 is 1.78 bits per heavy atom. The molecule has 18 heavy (non-hydrogen) atoms. The molecule has 0 aromatic carbocycles. The van der Waals surface area contributed by atoms with Crippen molar-refractivity contribution >= 4 is 6.03 Å². The lowest BCUT2D eigenvalue weighted by atomic mass is 10.1. The highest BCUT2D eigenvalue weighted by atomic mass is 16.2. The molecule has 2 rings (SSSR count). The Kier molecular flexibility index (Phi) is 5.29. The van der Waals surface area contributed by atoms with Gasteiger partial charge in [0.15, 0.2) is 0 Å². The van der Waals surface area contributed by atoms with E-state index in [1.807, 2.05) is 4.90 Å². The minimum Gasteiger partial charge on any atom is -0.335 e. The van der Waals surface area contributed by atoms with Crippen LogP contribution in [0.25, 0.3) is 0 Å². The van der Waals surface area contributed by atoms with E-state index in [9.17, 15) is 4.79 Å². The van der Waals surface area contributed by atoms with Crippen molar-refractivity contribution in [2.75, 3.05) is 19.6 Å². The fraction of sp³-hybridized carbons (Fsp3) is 0.929. The number of hydrogen-bond acceptors (Lipinski definition) is 2. The average molecular weight is 253 g/mol. The van der Waals surface area contributed by atoms with Crippen LogP contribution in [0.2, 0.25) is 0 Å². The number of piperidine rings is 1. The molecule has 0 radical (unpaired) electrons. The number of urea groups is 1. The van der Waals surface area contributed by atoms with E-state index in [1.54, 1.807) is 0 Å². The van der Waals surface area contributed by atoms with Crippen LogP contribution in [0.4, 0.5) is 4.79 Å². The van der Waals surface area contributed by atoms with E-state index >= 15 is 0 Å². The number of hydrogen-bond donors (Lipinski definition) is 2. The van der Waals surface area contributed by atoms with E-state index in [1.165, 1.54) is 32.1 Å². The third kappa shape index (κ3) is 3.87. The van der Waals surface area contributed by atoms with Crippen LogP contribution in [0.15, 0.2) is 0 Å². The second-order valence-electron chi connectivity index (χ2n) is 5.65. The highest BCUT2D eigenvalue weighted by Gasteiger charge is 2.24. The summed E-state index contributed by atoms with van der Waals surface area (Å²) in [6.07, 6.45) is 8.25. The van der Waals surface area contributed by atoms with Crippen LogP contribution in [-0.4, -0.2) is 42.6 Å². The van der Waals surface area contributed by atoms with E-state index in [2.05, 4.69) is 17.6 Å². The highest BCUT2D eigenvalue weighted by molar-refractivity contribution is 5.74. The molecule has 0 bridgehead atoms. The summed E-state index contributed by atoms with van der Waals surface area (Å²) in [4.78, 5) is 14.1. The quantitative estimate of drug-likeness (QED) is 0.806. The minimum atomic E-state index is 0.163. The van der Waals surface area contributed by atoms with Gasteiger partial charge in [-0.25, -0.2) is 4.79 Å². The molecule has 104 valence electrons. The molecule has 4 nitrogen and oxygen atoms in total. The summed E-state index contributed by atoms with van der Waals surface area (Å²) in [5.74, 6) is 0. The molecule has 0 atom stereocenters. The second kappa shape index (κ2) is 6.98. The Bertz CT molecular complexity index is 256. The molecular formula is C14H27N3O. The molecule has 1 heterocycles. The number of carbonyl (C=O) groups excluding carboxylic acids is 1. The first kappa shape index (κ1) is 13.7. The molecule has 1 aliphatic heterocycles. The number of likely N-dealkylation sites (tertiary alicyclic amines) is 1. The molecule has 2 N–H and O–H groups in total. The van der Waals surface area contributed by atoms with Crippen LogP contribution in [-0.2, 0) is 0 Å². The third-order valence-corrected chi connectivity index (χ3v) is 4.15. The van der Waals surface area contributed by atoms with Crippen molar-refractivity contribution in [3.63, 3.8) is 0 Å². The molecule has 1 aliphatic carbocycles. The maximum atomic E-state index is 12.1. The lowest BCUT2D eigenvalue weighted by molar-refractivity contribution is 0.173. The van der Waals surface area contributed by atoms with Gasteiger partial charge in [0.2, 0.25) is 0 Å². The van der Waals surface area contributed by atoms with Crippen molar-refractivity contribution in [2.45, 2.75) is 64.0 Å². The Morgan fingerprint density at radius 1 is 1.11 bits per heavy atom. The van der Waals surface area contributed by atoms with Gasteiger partial charge < -0.3 is 15.5 Å². The molecule has 2 amide bonds. The van der Waals surface area contributed by atoms with Gasteiger partial charge in [-0.2, -0.15) is 0 Å². The fourth-order valence-corrected chi connectivity index (χ4v) is 2.97. The molecule has 2 aliphatic rings. The predicted molar refractivity (Wildman–Crippen MR) is 73.7 cm³/mol. The van der Waals surface area contributed by atoms with Crippen LogP contribution in [0, 0.1) is 0 Å². The van der Waals surface area contributed by atoms with E-state index < -0.39 is 0 Å². The predicted octanol–water partition coefficient (Wildman–Crippen LogP) is 2.10. The average Bonchev–Trinajstić information content (AvgIpc) is 2.89. The smallest absolute Gasteiger partial charge is 0.317 e. The first-order valence-corrected chi connectivity index (χ1v) is 7.58. The van der Waals surface area contributed by atoms with Gasteiger partial charge in [0.25, 0.3) is 0 Å². The van der Waals surface area contributed by atoms with Gasteiger partial charge in [0.05, 0.1) is 0 Å². The lowest BCUT2D eigenvalue weighted by Crippen LogP contribution is -2.50. The summed E-state index contributed by atoms with van der Waals surface area (Å²) < 4.78 is 0. The van der Waals surface area contributed by atoms with Crippen molar-refractivity contribution in [1.82, 2.24) is 15.5 Å². The van der Waals surface area contributed by atoms with Gasteiger partial charge >= 0.3 is 6.03 Å². The Morgan fingerprint density at radius 3 is 2.39 bits per heavy atom. The first-order chi connectivity index (χ1) is 8.79. The number of nitrogens with one attached hydrogen (secondary N) is 2. The minimum absolute atomic E-state index is 0.163. The SMILES string of the molecule is CCCNC1CCN(C(=O)NC2CCCC2)CC1. The number of rotatable bonds is 4. The van der Waals surface area contributed by atoms with Gasteiger partial charge in [0, 0.05) is 25.2 Å². The monoisotopic (exact) mass is 253 g/mol. The molecule has 0 aromatic heterocycles. The zero-order chi connectivity index (χ0) is 12.8. The molecule has 1 saturated heterocycles. The Labute approximate surface area is 110 Å². The summed E-state index contributed by atoms with van der Waals surface area (Å²) in [6.45, 7) is 5.09. The molecule has 0 spiro atoms. The fourth-order valence-electron chi connectivity index (χ4n) is 2.97. The van der Waals surface area contributed by atoms with Crippen molar-refractivity contribution in [2.24, 2.45) is 0 Å². The van der Waals surface area contributed by atoms with Crippen molar-refractivity contribution in [3.8, 4) is 0 Å². The Hall–Kier alpha value is -0.770. The lowest BCUT2D eigenvalue weighted by Gasteiger charge is -2.33. The van der Waals surface area contributed by atoms with Gasteiger partial charge in [-0.1, -0.05) is 19.8 Å². The van der Waals surface area contributed by atoms with E-state index in [0.29, 0.717) is 12.1 Å². The van der Waals surface area contributed by atoms with Gasteiger partial charge in [0.1, 0.15) is 0 Å². The second-order valence-corrected chi connectivity index (χ2v) is 5.65. The highest BCUT2D eigenvalue weighted by Crippen LogP contribution is 2.18. The maximum Gasteiger partial charge on any atom is 0.317 e. The summed E-state index contributed by atoms with van der Waals surface area (Å²) in [6, 6.07) is 1.21. The van der Waals surface area contributed by atoms with Crippen LogP contribution in [0.5, 0.6) is 0 Å². The van der Waals surface area contributed by atoms with Crippen LogP contribution >= 0.6 is 0 Å². The summed E-state index contributed by atoms with van der Waals surface area (Å²) in [7, 11) is 0. The van der Waals surface area contributed by atoms with Crippen LogP contribution < -0.4 is 10.6 Å². The van der Waals surface area contributed by atoms with Crippen molar-refractivity contribution in [3.05, 3.63) is 0 Å². The Balaban J connectivity index is 1.66. The van der Waals surface area contributed by atoms with E-state index in [-0.39, 0.29) is 6.03 Å². The zero-order valence-corrected chi connectivity index (χ0v) is 11.6. The standard InChI is InChI=1S/C14H27N3O/c1-2-9-15-12-7-10-17(11-8-12)14(18)16-13-5-3-4-6-13/h12-13,15H,2-11H2,1H3,(H,16,18). The summed E-state index contributed by atoms with van der Waals surface area (Å²) in [5, 5.41) is 6.72. The van der Waals surface area contributed by atoms with Crippen LogP contribution in [0.1, 0.15) is 51.9 Å². The van der Waals surface area contributed by atoms with Crippen molar-refractivity contribution in [1.29, 1.82) is 0 Å². The third-order valence-electron chi connectivity index (χ3n) is 4.15. The summed E-state index contributed by atoms with van der Waals surface area (Å²) in [5.41, 5.74) is 0. The molecule has 4 heteroatoms. The van der Waals surface area contributed by atoms with Crippen LogP contribution in [0.3, 0.4) is 0 Å². The normalized spacial score (nSPS) is 22.4. The molecule has 0 aromatic rings. The number of amides is 2. The number of carbonyl (C=O) groups is 1. The van der Waals surface area contributed by atoms with Crippen molar-refractivity contribution < 1.29 is 4.79 Å².